The number of hydrogen-bond donors (Lipinski definition) is 1. The van der Waals surface area contributed by atoms with Crippen LogP contribution in [0.15, 0.2) is 87.5 Å². The first kappa shape index (κ1) is 26.4. The first-order chi connectivity index (χ1) is 19.1. The summed E-state index contributed by atoms with van der Waals surface area (Å²) in [7, 11) is -8.66. The second kappa shape index (κ2) is 9.95. The molecule has 3 aromatic carbocycles. The molecule has 206 valence electrons. The first-order valence-electron chi connectivity index (χ1n) is 12.6. The Kier molecular flexibility index (Phi) is 6.56. The second-order valence-electron chi connectivity index (χ2n) is 9.68. The summed E-state index contributed by atoms with van der Waals surface area (Å²) in [6, 6.07) is 17.6. The number of nitrogens with one attached hydrogen (secondary N) is 1. The minimum Gasteiger partial charge on any atom is -0.376 e. The maximum absolute atomic E-state index is 14.2. The van der Waals surface area contributed by atoms with Gasteiger partial charge in [-0.3, -0.25) is 4.72 Å². The molecule has 0 aliphatic carbocycles. The van der Waals surface area contributed by atoms with Gasteiger partial charge in [0.2, 0.25) is 9.84 Å². The van der Waals surface area contributed by atoms with Crippen molar-refractivity contribution in [3.05, 3.63) is 84.2 Å². The van der Waals surface area contributed by atoms with Crippen LogP contribution in [0.3, 0.4) is 0 Å². The summed E-state index contributed by atoms with van der Waals surface area (Å²) < 4.78 is 79.0. The van der Waals surface area contributed by atoms with Crippen LogP contribution in [-0.2, 0) is 31.1 Å². The third-order valence-corrected chi connectivity index (χ3v) is 10.0. The quantitative estimate of drug-likeness (QED) is 0.292. The number of rotatable bonds is 7. The van der Waals surface area contributed by atoms with Gasteiger partial charge >= 0.3 is 0 Å². The van der Waals surface area contributed by atoms with Crippen molar-refractivity contribution in [1.29, 1.82) is 0 Å². The van der Waals surface area contributed by atoms with E-state index in [-0.39, 0.29) is 44.3 Å². The topological polar surface area (TPSA) is 120 Å². The number of benzene rings is 3. The van der Waals surface area contributed by atoms with Crippen molar-refractivity contribution in [2.45, 2.75) is 47.1 Å². The van der Waals surface area contributed by atoms with Crippen LogP contribution in [0, 0.1) is 12.7 Å². The Morgan fingerprint density at radius 3 is 2.23 bits per heavy atom. The van der Waals surface area contributed by atoms with Gasteiger partial charge in [0.1, 0.15) is 22.0 Å². The third-order valence-electron chi connectivity index (χ3n) is 6.87. The van der Waals surface area contributed by atoms with Crippen LogP contribution in [0.4, 0.5) is 10.2 Å². The lowest BCUT2D eigenvalue weighted by molar-refractivity contribution is 0.0983. The predicted octanol–water partition coefficient (Wildman–Crippen LogP) is 4.84. The van der Waals surface area contributed by atoms with Gasteiger partial charge in [-0.15, -0.1) is 0 Å². The molecule has 0 spiro atoms. The molecule has 12 heteroatoms. The van der Waals surface area contributed by atoms with Crippen molar-refractivity contribution < 1.29 is 26.0 Å². The van der Waals surface area contributed by atoms with E-state index in [4.69, 9.17) is 9.72 Å². The standard InChI is InChI=1S/C28H25FN4O5S2/c1-18-8-12-21(13-9-18)39(34,35)26-25-27(31-24-7-3-2-6-23(24)30-25)33(17-20-5-4-16-38-20)28(26)32-40(36,37)22-14-10-19(29)11-15-22/h2-3,6-15,20,32H,4-5,16-17H2,1H3/t20-/m0/s1. The summed E-state index contributed by atoms with van der Waals surface area (Å²) in [5.74, 6) is -0.806. The van der Waals surface area contributed by atoms with Crippen molar-refractivity contribution in [2.24, 2.45) is 0 Å². The number of anilines is 1. The number of halogens is 1. The van der Waals surface area contributed by atoms with Gasteiger partial charge in [0.15, 0.2) is 5.65 Å². The Balaban J connectivity index is 1.66. The lowest BCUT2D eigenvalue weighted by Crippen LogP contribution is -2.21. The fourth-order valence-corrected chi connectivity index (χ4v) is 7.51. The molecule has 0 unspecified atom stereocenters. The summed E-state index contributed by atoms with van der Waals surface area (Å²) in [6.07, 6.45) is 1.25. The molecule has 0 bridgehead atoms. The number of aryl methyl sites for hydroxylation is 1. The Morgan fingerprint density at radius 1 is 0.925 bits per heavy atom. The van der Waals surface area contributed by atoms with Gasteiger partial charge in [-0.2, -0.15) is 0 Å². The van der Waals surface area contributed by atoms with Gasteiger partial charge < -0.3 is 9.30 Å². The molecule has 1 aliphatic heterocycles. The monoisotopic (exact) mass is 580 g/mol. The van der Waals surface area contributed by atoms with Crippen LogP contribution in [-0.4, -0.2) is 44.1 Å². The van der Waals surface area contributed by atoms with E-state index in [1.165, 1.54) is 16.7 Å². The average Bonchev–Trinajstić information content (AvgIpc) is 3.54. The van der Waals surface area contributed by atoms with Crippen molar-refractivity contribution in [3.8, 4) is 0 Å². The molecule has 2 aromatic heterocycles. The minimum absolute atomic E-state index is 0.0218. The summed E-state index contributed by atoms with van der Waals surface area (Å²) in [5, 5.41) is 0. The maximum atomic E-state index is 14.2. The van der Waals surface area contributed by atoms with E-state index in [2.05, 4.69) is 9.71 Å². The lowest BCUT2D eigenvalue weighted by Gasteiger charge is -2.17. The molecule has 0 saturated carbocycles. The fourth-order valence-electron chi connectivity index (χ4n) is 4.83. The number of hydrogen-bond acceptors (Lipinski definition) is 7. The summed E-state index contributed by atoms with van der Waals surface area (Å²) in [5.41, 5.74) is 2.08. The molecule has 0 amide bonds. The van der Waals surface area contributed by atoms with E-state index in [0.717, 1.165) is 36.2 Å². The summed E-state index contributed by atoms with van der Waals surface area (Å²) in [4.78, 5) is 8.84. The highest BCUT2D eigenvalue weighted by Gasteiger charge is 2.35. The predicted molar refractivity (Wildman–Crippen MR) is 148 cm³/mol. The smallest absolute Gasteiger partial charge is 0.263 e. The van der Waals surface area contributed by atoms with Gasteiger partial charge in [0.05, 0.1) is 33.5 Å². The average molecular weight is 581 g/mol. The Morgan fingerprint density at radius 2 is 1.57 bits per heavy atom. The third kappa shape index (κ3) is 4.72. The van der Waals surface area contributed by atoms with Crippen LogP contribution in [0.5, 0.6) is 0 Å². The van der Waals surface area contributed by atoms with Crippen LogP contribution in [0.2, 0.25) is 0 Å². The van der Waals surface area contributed by atoms with E-state index in [9.17, 15) is 21.2 Å². The van der Waals surface area contributed by atoms with Crippen LogP contribution in [0.25, 0.3) is 22.2 Å². The molecule has 6 rings (SSSR count). The highest BCUT2D eigenvalue weighted by Crippen LogP contribution is 2.39. The number of sulfonamides is 1. The molecular weight excluding hydrogens is 555 g/mol. The molecule has 0 radical (unpaired) electrons. The largest absolute Gasteiger partial charge is 0.376 e. The zero-order chi connectivity index (χ0) is 28.1. The molecule has 1 aliphatic rings. The Bertz CT molecular complexity index is 1950. The van der Waals surface area contributed by atoms with Crippen molar-refractivity contribution in [3.63, 3.8) is 0 Å². The Hall–Kier alpha value is -3.87. The normalized spacial score (nSPS) is 16.1. The zero-order valence-electron chi connectivity index (χ0n) is 21.4. The number of fused-ring (bicyclic) bond motifs is 2. The Labute approximate surface area is 230 Å². The van der Waals surface area contributed by atoms with E-state index < -0.39 is 25.7 Å². The van der Waals surface area contributed by atoms with Crippen LogP contribution in [0.1, 0.15) is 18.4 Å². The van der Waals surface area contributed by atoms with Gasteiger partial charge in [-0.25, -0.2) is 31.2 Å². The van der Waals surface area contributed by atoms with Crippen molar-refractivity contribution in [1.82, 2.24) is 14.5 Å². The maximum Gasteiger partial charge on any atom is 0.263 e. The van der Waals surface area contributed by atoms with E-state index in [0.29, 0.717) is 24.1 Å². The number of sulfone groups is 1. The molecule has 1 atom stereocenters. The van der Waals surface area contributed by atoms with Crippen molar-refractivity contribution in [2.75, 3.05) is 11.3 Å². The molecule has 9 nitrogen and oxygen atoms in total. The van der Waals surface area contributed by atoms with E-state index in [1.54, 1.807) is 36.4 Å². The molecule has 1 N–H and O–H groups in total. The number of nitrogens with zero attached hydrogens (tertiary/aromatic N) is 3. The molecular formula is C28H25FN4O5S2. The second-order valence-corrected chi connectivity index (χ2v) is 13.3. The van der Waals surface area contributed by atoms with Crippen LogP contribution < -0.4 is 4.72 Å². The number of aromatic nitrogens is 3. The summed E-state index contributed by atoms with van der Waals surface area (Å²) in [6.45, 7) is 2.53. The van der Waals surface area contributed by atoms with Gasteiger partial charge in [-0.1, -0.05) is 29.8 Å². The zero-order valence-corrected chi connectivity index (χ0v) is 23.0. The highest BCUT2D eigenvalue weighted by atomic mass is 32.2. The van der Waals surface area contributed by atoms with Gasteiger partial charge in [0.25, 0.3) is 10.0 Å². The van der Waals surface area contributed by atoms with E-state index >= 15 is 0 Å². The van der Waals surface area contributed by atoms with Crippen LogP contribution >= 0.6 is 0 Å². The van der Waals surface area contributed by atoms with Crippen molar-refractivity contribution >= 4 is 47.9 Å². The molecule has 40 heavy (non-hydrogen) atoms. The molecule has 1 saturated heterocycles. The molecule has 5 aromatic rings. The molecule has 1 fully saturated rings. The lowest BCUT2D eigenvalue weighted by atomic mass is 10.2. The SMILES string of the molecule is Cc1ccc(S(=O)(=O)c2c(NS(=O)(=O)c3ccc(F)cc3)n(C[C@@H]3CCCO3)c3nc4ccccc4nc23)cc1. The highest BCUT2D eigenvalue weighted by molar-refractivity contribution is 7.93. The van der Waals surface area contributed by atoms with Gasteiger partial charge in [0, 0.05) is 6.61 Å². The number of para-hydroxylation sites is 2. The minimum atomic E-state index is -4.35. The summed E-state index contributed by atoms with van der Waals surface area (Å²) >= 11 is 0. The van der Waals surface area contributed by atoms with E-state index in [1.807, 2.05) is 6.92 Å². The first-order valence-corrected chi connectivity index (χ1v) is 15.6. The molecule has 3 heterocycles. The number of ether oxygens (including phenoxy) is 1. The fraction of sp³-hybridized carbons (Fsp3) is 0.214. The van der Waals surface area contributed by atoms with Gasteiger partial charge in [-0.05, 0) is 68.3 Å².